The molecule has 1 aliphatic heterocycles. The van der Waals surface area contributed by atoms with Gasteiger partial charge in [0, 0.05) is 5.69 Å². The van der Waals surface area contributed by atoms with Crippen LogP contribution in [0.3, 0.4) is 0 Å². The quantitative estimate of drug-likeness (QED) is 0.261. The number of carbonyl (C=O) groups is 1. The number of hydrogen-bond donors (Lipinski definition) is 0. The van der Waals surface area contributed by atoms with Crippen LogP contribution in [0.2, 0.25) is 0 Å². The molecule has 0 saturated heterocycles. The van der Waals surface area contributed by atoms with Crippen molar-refractivity contribution in [3.63, 3.8) is 0 Å². The first kappa shape index (κ1) is 23.7. The van der Waals surface area contributed by atoms with Crippen molar-refractivity contribution >= 4 is 22.6 Å². The van der Waals surface area contributed by atoms with Gasteiger partial charge in [-0.05, 0) is 78.6 Å². The molecular weight excluding hydrogens is 481 g/mol. The fourth-order valence-corrected chi connectivity index (χ4v) is 4.89. The minimum absolute atomic E-state index is 0.0262. The highest BCUT2D eigenvalue weighted by Gasteiger charge is 2.43. The molecule has 0 saturated carbocycles. The smallest absolute Gasteiger partial charge is 0.295 e. The van der Waals surface area contributed by atoms with Crippen LogP contribution in [0.15, 0.2) is 100 Å². The van der Waals surface area contributed by atoms with E-state index in [9.17, 15) is 14.0 Å². The standard InChI is InChI=1S/C32H24FNO4/c1-19-8-12-24(16-20(19)2)34-29(22-9-13-25(14-10-22)37-18-21-6-4-3-5-7-21)28-30(35)26-17-23(33)11-15-27(26)38-31(28)32(34)36/h3-17,29H,18H2,1-2H3. The Hall–Kier alpha value is -4.71. The van der Waals surface area contributed by atoms with Gasteiger partial charge in [0.2, 0.25) is 5.76 Å². The van der Waals surface area contributed by atoms with Crippen LogP contribution in [-0.2, 0) is 6.61 Å². The Labute approximate surface area is 218 Å². The van der Waals surface area contributed by atoms with E-state index in [-0.39, 0.29) is 22.3 Å². The molecule has 0 aliphatic carbocycles. The zero-order chi connectivity index (χ0) is 26.4. The van der Waals surface area contributed by atoms with Gasteiger partial charge in [0.05, 0.1) is 17.0 Å². The van der Waals surface area contributed by atoms with E-state index in [1.54, 1.807) is 4.90 Å². The van der Waals surface area contributed by atoms with E-state index >= 15 is 0 Å². The van der Waals surface area contributed by atoms with E-state index in [0.717, 1.165) is 22.8 Å². The Kier molecular flexibility index (Phi) is 5.80. The summed E-state index contributed by atoms with van der Waals surface area (Å²) in [6, 6.07) is 25.9. The third kappa shape index (κ3) is 4.04. The number of nitrogens with zero attached hydrogens (tertiary/aromatic N) is 1. The molecule has 188 valence electrons. The Morgan fingerprint density at radius 3 is 2.37 bits per heavy atom. The fourth-order valence-electron chi connectivity index (χ4n) is 4.89. The van der Waals surface area contributed by atoms with Gasteiger partial charge in [0.25, 0.3) is 5.91 Å². The molecule has 0 spiro atoms. The van der Waals surface area contributed by atoms with Crippen molar-refractivity contribution in [2.45, 2.75) is 26.5 Å². The number of fused-ring (bicyclic) bond motifs is 2. The number of hydrogen-bond acceptors (Lipinski definition) is 4. The molecule has 2 heterocycles. The lowest BCUT2D eigenvalue weighted by atomic mass is 9.97. The van der Waals surface area contributed by atoms with Gasteiger partial charge < -0.3 is 9.15 Å². The SMILES string of the molecule is Cc1ccc(N2C(=O)c3oc4ccc(F)cc4c(=O)c3C2c2ccc(OCc3ccccc3)cc2)cc1C. The number of ether oxygens (including phenoxy) is 1. The van der Waals surface area contributed by atoms with Crippen LogP contribution in [0, 0.1) is 19.7 Å². The molecule has 6 heteroatoms. The third-order valence-corrected chi connectivity index (χ3v) is 7.05. The maximum absolute atomic E-state index is 14.1. The summed E-state index contributed by atoms with van der Waals surface area (Å²) in [4.78, 5) is 29.0. The van der Waals surface area contributed by atoms with Crippen LogP contribution < -0.4 is 15.1 Å². The number of anilines is 1. The highest BCUT2D eigenvalue weighted by atomic mass is 19.1. The van der Waals surface area contributed by atoms with E-state index in [1.807, 2.05) is 86.6 Å². The number of carbonyl (C=O) groups excluding carboxylic acids is 1. The fraction of sp³-hybridized carbons (Fsp3) is 0.125. The molecule has 1 aromatic heterocycles. The molecule has 5 nitrogen and oxygen atoms in total. The predicted molar refractivity (Wildman–Crippen MR) is 144 cm³/mol. The minimum Gasteiger partial charge on any atom is -0.489 e. The van der Waals surface area contributed by atoms with Crippen molar-refractivity contribution in [3.05, 3.63) is 141 Å². The first-order chi connectivity index (χ1) is 18.4. The maximum Gasteiger partial charge on any atom is 0.295 e. The summed E-state index contributed by atoms with van der Waals surface area (Å²) >= 11 is 0. The molecule has 0 radical (unpaired) electrons. The number of benzene rings is 4. The van der Waals surface area contributed by atoms with E-state index < -0.39 is 23.2 Å². The normalized spacial score (nSPS) is 14.7. The number of aryl methyl sites for hydroxylation is 2. The summed E-state index contributed by atoms with van der Waals surface area (Å²) in [5.41, 5.74) is 4.46. The van der Waals surface area contributed by atoms with Crippen molar-refractivity contribution in [2.75, 3.05) is 4.90 Å². The van der Waals surface area contributed by atoms with E-state index in [0.29, 0.717) is 23.6 Å². The van der Waals surface area contributed by atoms with Gasteiger partial charge in [-0.2, -0.15) is 0 Å². The van der Waals surface area contributed by atoms with Crippen LogP contribution >= 0.6 is 0 Å². The topological polar surface area (TPSA) is 59.8 Å². The second-order valence-electron chi connectivity index (χ2n) is 9.50. The minimum atomic E-state index is -0.744. The molecule has 6 rings (SSSR count). The lowest BCUT2D eigenvalue weighted by Crippen LogP contribution is -2.29. The van der Waals surface area contributed by atoms with Crippen LogP contribution in [0.1, 0.15) is 44.4 Å². The van der Waals surface area contributed by atoms with Gasteiger partial charge in [0.1, 0.15) is 23.8 Å². The average Bonchev–Trinajstić information content (AvgIpc) is 3.22. The first-order valence-electron chi connectivity index (χ1n) is 12.3. The Morgan fingerprint density at radius 2 is 1.63 bits per heavy atom. The van der Waals surface area contributed by atoms with Crippen molar-refractivity contribution in [3.8, 4) is 5.75 Å². The molecule has 0 fully saturated rings. The highest BCUT2D eigenvalue weighted by molar-refractivity contribution is 6.10. The van der Waals surface area contributed by atoms with Gasteiger partial charge in [0.15, 0.2) is 5.43 Å². The number of amides is 1. The third-order valence-electron chi connectivity index (χ3n) is 7.05. The molecule has 4 aromatic carbocycles. The average molecular weight is 506 g/mol. The van der Waals surface area contributed by atoms with Crippen molar-refractivity contribution in [2.24, 2.45) is 0 Å². The first-order valence-corrected chi connectivity index (χ1v) is 12.3. The molecular formula is C32H24FNO4. The van der Waals surface area contributed by atoms with E-state index in [4.69, 9.17) is 9.15 Å². The summed E-state index contributed by atoms with van der Waals surface area (Å²) < 4.78 is 25.9. The molecule has 1 unspecified atom stereocenters. The molecule has 1 amide bonds. The zero-order valence-corrected chi connectivity index (χ0v) is 20.9. The lowest BCUT2D eigenvalue weighted by molar-refractivity contribution is 0.0971. The van der Waals surface area contributed by atoms with Gasteiger partial charge in [-0.3, -0.25) is 14.5 Å². The van der Waals surface area contributed by atoms with Crippen molar-refractivity contribution in [1.29, 1.82) is 0 Å². The molecule has 38 heavy (non-hydrogen) atoms. The van der Waals surface area contributed by atoms with Crippen molar-refractivity contribution < 1.29 is 18.3 Å². The Morgan fingerprint density at radius 1 is 0.868 bits per heavy atom. The molecule has 1 atom stereocenters. The van der Waals surface area contributed by atoms with Gasteiger partial charge in [-0.25, -0.2) is 4.39 Å². The van der Waals surface area contributed by atoms with Gasteiger partial charge >= 0.3 is 0 Å². The number of rotatable bonds is 5. The second-order valence-corrected chi connectivity index (χ2v) is 9.50. The predicted octanol–water partition coefficient (Wildman–Crippen LogP) is 6.88. The van der Waals surface area contributed by atoms with Crippen molar-refractivity contribution in [1.82, 2.24) is 0 Å². The molecule has 0 bridgehead atoms. The van der Waals surface area contributed by atoms with Gasteiger partial charge in [-0.1, -0.05) is 48.5 Å². The summed E-state index contributed by atoms with van der Waals surface area (Å²) in [6.45, 7) is 4.39. The summed E-state index contributed by atoms with van der Waals surface area (Å²) in [5.74, 6) is -0.327. The number of halogens is 1. The monoisotopic (exact) mass is 505 g/mol. The maximum atomic E-state index is 14.1. The summed E-state index contributed by atoms with van der Waals surface area (Å²) in [6.07, 6.45) is 0. The zero-order valence-electron chi connectivity index (χ0n) is 20.9. The summed E-state index contributed by atoms with van der Waals surface area (Å²) in [7, 11) is 0. The van der Waals surface area contributed by atoms with Crippen LogP contribution in [0.5, 0.6) is 5.75 Å². The lowest BCUT2D eigenvalue weighted by Gasteiger charge is -2.26. The summed E-state index contributed by atoms with van der Waals surface area (Å²) in [5, 5.41) is 0.103. The van der Waals surface area contributed by atoms with Crippen LogP contribution in [0.4, 0.5) is 10.1 Å². The Balaban J connectivity index is 1.46. The highest BCUT2D eigenvalue weighted by Crippen LogP contribution is 2.42. The van der Waals surface area contributed by atoms with E-state index in [1.165, 1.54) is 12.1 Å². The largest absolute Gasteiger partial charge is 0.489 e. The molecule has 1 aliphatic rings. The molecule has 0 N–H and O–H groups in total. The van der Waals surface area contributed by atoms with E-state index in [2.05, 4.69) is 0 Å². The van der Waals surface area contributed by atoms with Gasteiger partial charge in [-0.15, -0.1) is 0 Å². The van der Waals surface area contributed by atoms with Crippen LogP contribution in [-0.4, -0.2) is 5.91 Å². The second kappa shape index (κ2) is 9.30. The Bertz CT molecular complexity index is 1740. The molecule has 5 aromatic rings. The van der Waals surface area contributed by atoms with Crippen LogP contribution in [0.25, 0.3) is 11.0 Å².